The molecule has 0 aliphatic carbocycles. The minimum absolute atomic E-state index is 0.108. The number of rotatable bonds is 2. The van der Waals surface area contributed by atoms with Gasteiger partial charge in [0.2, 0.25) is 0 Å². The van der Waals surface area contributed by atoms with Crippen molar-refractivity contribution in [3.8, 4) is 0 Å². The van der Waals surface area contributed by atoms with Crippen molar-refractivity contribution in [1.29, 1.82) is 0 Å². The Morgan fingerprint density at radius 1 is 1.29 bits per heavy atom. The summed E-state index contributed by atoms with van der Waals surface area (Å²) in [4.78, 5) is 12.7. The third-order valence-electron chi connectivity index (χ3n) is 2.35. The predicted molar refractivity (Wildman–Crippen MR) is 77.3 cm³/mol. The molecular formula is C11H10Br2N2OS. The van der Waals surface area contributed by atoms with E-state index in [4.69, 9.17) is 0 Å². The Balaban J connectivity index is 2.23. The van der Waals surface area contributed by atoms with Crippen molar-refractivity contribution in [3.05, 3.63) is 42.7 Å². The number of nitrogens with one attached hydrogen (secondary N) is 1. The third-order valence-corrected chi connectivity index (χ3v) is 5.61. The zero-order chi connectivity index (χ0) is 12.6. The molecule has 0 saturated carbocycles. The largest absolute Gasteiger partial charge is 0.280 e. The molecule has 0 spiro atoms. The van der Waals surface area contributed by atoms with E-state index >= 15 is 0 Å². The van der Waals surface area contributed by atoms with Crippen molar-refractivity contribution in [2.24, 2.45) is 0 Å². The van der Waals surface area contributed by atoms with E-state index in [9.17, 15) is 4.79 Å². The Hall–Kier alpha value is -0.590. The maximum Gasteiger partial charge on any atom is 0.280 e. The van der Waals surface area contributed by atoms with Gasteiger partial charge in [0.15, 0.2) is 0 Å². The summed E-state index contributed by atoms with van der Waals surface area (Å²) in [5.74, 6) is -0.108. The first-order valence-electron chi connectivity index (χ1n) is 4.90. The van der Waals surface area contributed by atoms with Crippen LogP contribution in [0.1, 0.15) is 21.1 Å². The van der Waals surface area contributed by atoms with Crippen molar-refractivity contribution in [3.63, 3.8) is 0 Å². The van der Waals surface area contributed by atoms with Crippen LogP contribution in [0.15, 0.2) is 26.5 Å². The van der Waals surface area contributed by atoms with Crippen molar-refractivity contribution < 1.29 is 4.79 Å². The van der Waals surface area contributed by atoms with Crippen LogP contribution in [0.25, 0.3) is 0 Å². The number of hydrogen-bond donors (Lipinski definition) is 1. The molecule has 0 unspecified atom stereocenters. The second-order valence-electron chi connectivity index (χ2n) is 3.62. The molecule has 90 valence electrons. The Bertz CT molecular complexity index is 535. The van der Waals surface area contributed by atoms with Crippen molar-refractivity contribution in [2.45, 2.75) is 13.8 Å². The number of carbonyl (C=O) groups excluding carboxylic acids is 1. The lowest BCUT2D eigenvalue weighted by Crippen LogP contribution is -2.23. The summed E-state index contributed by atoms with van der Waals surface area (Å²) < 4.78 is 3.60. The molecule has 2 rings (SSSR count). The summed E-state index contributed by atoms with van der Waals surface area (Å²) >= 11 is 8.14. The lowest BCUT2D eigenvalue weighted by Gasteiger charge is -2.09. The van der Waals surface area contributed by atoms with E-state index in [0.29, 0.717) is 4.88 Å². The van der Waals surface area contributed by atoms with Gasteiger partial charge in [-0.3, -0.25) is 14.9 Å². The van der Waals surface area contributed by atoms with Gasteiger partial charge in [0.05, 0.1) is 8.66 Å². The molecule has 2 heterocycles. The number of amides is 1. The van der Waals surface area contributed by atoms with Gasteiger partial charge in [-0.05, 0) is 63.9 Å². The van der Waals surface area contributed by atoms with Crippen molar-refractivity contribution >= 4 is 49.1 Å². The quantitative estimate of drug-likeness (QED) is 0.840. The molecule has 2 aromatic rings. The first kappa shape index (κ1) is 12.9. The number of nitrogens with zero attached hydrogens (tertiary/aromatic N) is 1. The Kier molecular flexibility index (Phi) is 3.75. The average molecular weight is 378 g/mol. The Morgan fingerprint density at radius 2 is 1.88 bits per heavy atom. The Morgan fingerprint density at radius 3 is 2.35 bits per heavy atom. The third kappa shape index (κ3) is 2.64. The molecule has 17 heavy (non-hydrogen) atoms. The molecular weight excluding hydrogens is 368 g/mol. The highest BCUT2D eigenvalue weighted by Crippen LogP contribution is 2.32. The van der Waals surface area contributed by atoms with Crippen LogP contribution in [-0.4, -0.2) is 10.6 Å². The molecule has 0 aliphatic rings. The molecule has 0 atom stereocenters. The molecule has 0 aromatic carbocycles. The van der Waals surface area contributed by atoms with E-state index in [1.807, 2.05) is 26.0 Å². The van der Waals surface area contributed by atoms with E-state index in [1.165, 1.54) is 11.3 Å². The van der Waals surface area contributed by atoms with Crippen molar-refractivity contribution in [2.75, 3.05) is 5.43 Å². The zero-order valence-electron chi connectivity index (χ0n) is 9.25. The molecule has 2 aromatic heterocycles. The maximum atomic E-state index is 12.0. The molecule has 1 N–H and O–H groups in total. The van der Waals surface area contributed by atoms with E-state index in [-0.39, 0.29) is 5.91 Å². The van der Waals surface area contributed by atoms with Gasteiger partial charge in [-0.2, -0.15) is 0 Å². The van der Waals surface area contributed by atoms with Crippen LogP contribution in [0, 0.1) is 13.8 Å². The van der Waals surface area contributed by atoms with Gasteiger partial charge in [0.1, 0.15) is 0 Å². The fourth-order valence-corrected chi connectivity index (χ4v) is 3.39. The molecule has 3 nitrogen and oxygen atoms in total. The lowest BCUT2D eigenvalue weighted by atomic mass is 10.4. The van der Waals surface area contributed by atoms with Gasteiger partial charge in [0, 0.05) is 15.9 Å². The number of thiophene rings is 1. The minimum Gasteiger partial charge on any atom is -0.266 e. The minimum atomic E-state index is -0.108. The SMILES string of the molecule is Cc1ccc(C)n1NC(=O)c1cc(Br)c(Br)s1. The van der Waals surface area contributed by atoms with Gasteiger partial charge >= 0.3 is 0 Å². The highest BCUT2D eigenvalue weighted by molar-refractivity contribution is 9.13. The molecule has 0 saturated heterocycles. The standard InChI is InChI=1S/C11H10Br2N2OS/c1-6-3-4-7(2)15(6)14-11(16)9-5-8(12)10(13)17-9/h3-5H,1-2H3,(H,14,16). The maximum absolute atomic E-state index is 12.0. The van der Waals surface area contributed by atoms with E-state index in [2.05, 4.69) is 37.3 Å². The smallest absolute Gasteiger partial charge is 0.266 e. The monoisotopic (exact) mass is 376 g/mol. The number of carbonyl (C=O) groups is 1. The van der Waals surface area contributed by atoms with Crippen LogP contribution < -0.4 is 5.43 Å². The van der Waals surface area contributed by atoms with E-state index < -0.39 is 0 Å². The van der Waals surface area contributed by atoms with Crippen LogP contribution >= 0.6 is 43.2 Å². The predicted octanol–water partition coefficient (Wildman–Crippen LogP) is 4.08. The molecule has 0 aliphatic heterocycles. The number of aromatic nitrogens is 1. The fraction of sp³-hybridized carbons (Fsp3) is 0.182. The normalized spacial score (nSPS) is 10.6. The van der Waals surface area contributed by atoms with E-state index in [0.717, 1.165) is 19.6 Å². The zero-order valence-corrected chi connectivity index (χ0v) is 13.2. The summed E-state index contributed by atoms with van der Waals surface area (Å²) in [6, 6.07) is 5.74. The van der Waals surface area contributed by atoms with Gasteiger partial charge in [-0.1, -0.05) is 0 Å². The fourth-order valence-electron chi connectivity index (χ4n) is 1.46. The van der Waals surface area contributed by atoms with Crippen LogP contribution in [-0.2, 0) is 0 Å². The highest BCUT2D eigenvalue weighted by Gasteiger charge is 2.13. The van der Waals surface area contributed by atoms with Crippen LogP contribution in [0.3, 0.4) is 0 Å². The van der Waals surface area contributed by atoms with E-state index in [1.54, 1.807) is 10.7 Å². The summed E-state index contributed by atoms with van der Waals surface area (Å²) in [5, 5.41) is 0. The second-order valence-corrected chi connectivity index (χ2v) is 6.85. The second kappa shape index (κ2) is 4.96. The molecule has 0 fully saturated rings. The highest BCUT2D eigenvalue weighted by atomic mass is 79.9. The van der Waals surface area contributed by atoms with Crippen molar-refractivity contribution in [1.82, 2.24) is 4.68 Å². The number of hydrogen-bond acceptors (Lipinski definition) is 2. The van der Waals surface area contributed by atoms with Crippen LogP contribution in [0.4, 0.5) is 0 Å². The van der Waals surface area contributed by atoms with Crippen LogP contribution in [0.2, 0.25) is 0 Å². The average Bonchev–Trinajstić information content (AvgIpc) is 2.76. The summed E-state index contributed by atoms with van der Waals surface area (Å²) in [5.41, 5.74) is 4.87. The topological polar surface area (TPSA) is 34.0 Å². The molecule has 1 amide bonds. The molecule has 6 heteroatoms. The first-order valence-corrected chi connectivity index (χ1v) is 7.30. The number of halogens is 2. The summed E-state index contributed by atoms with van der Waals surface area (Å²) in [6.45, 7) is 3.90. The molecule has 0 radical (unpaired) electrons. The van der Waals surface area contributed by atoms with Gasteiger partial charge in [0.25, 0.3) is 5.91 Å². The molecule has 0 bridgehead atoms. The lowest BCUT2D eigenvalue weighted by molar-refractivity contribution is 0.101. The summed E-state index contributed by atoms with van der Waals surface area (Å²) in [6.07, 6.45) is 0. The first-order chi connectivity index (χ1) is 7.99. The Labute approximate surface area is 120 Å². The number of aryl methyl sites for hydroxylation is 2. The summed E-state index contributed by atoms with van der Waals surface area (Å²) in [7, 11) is 0. The van der Waals surface area contributed by atoms with Gasteiger partial charge in [-0.15, -0.1) is 11.3 Å². The van der Waals surface area contributed by atoms with Crippen LogP contribution in [0.5, 0.6) is 0 Å². The van der Waals surface area contributed by atoms with Gasteiger partial charge in [-0.25, -0.2) is 0 Å². The van der Waals surface area contributed by atoms with Gasteiger partial charge < -0.3 is 0 Å².